The molecule has 0 spiro atoms. The first kappa shape index (κ1) is 12.9. The van der Waals surface area contributed by atoms with Crippen LogP contribution in [-0.2, 0) is 6.42 Å². The van der Waals surface area contributed by atoms with Crippen molar-refractivity contribution >= 4 is 27.5 Å². The molecular weight excluding hydrogens is 280 g/mol. The number of halogens is 3. The summed E-state index contributed by atoms with van der Waals surface area (Å²) in [4.78, 5) is 2.09. The lowest BCUT2D eigenvalue weighted by atomic mass is 10.1. The van der Waals surface area contributed by atoms with E-state index in [9.17, 15) is 4.39 Å². The Labute approximate surface area is 103 Å². The largest absolute Gasteiger partial charge is 0.296 e. The van der Waals surface area contributed by atoms with Crippen LogP contribution in [-0.4, -0.2) is 23.9 Å². The maximum Gasteiger partial charge on any atom is 0.126 e. The molecule has 0 amide bonds. The third-order valence-electron chi connectivity index (χ3n) is 2.29. The summed E-state index contributed by atoms with van der Waals surface area (Å²) in [5, 5.41) is 0.650. The van der Waals surface area contributed by atoms with Crippen LogP contribution in [0.5, 0.6) is 0 Å². The predicted octanol–water partition coefficient (Wildman–Crippen LogP) is 3.61. The van der Waals surface area contributed by atoms with Crippen molar-refractivity contribution in [3.8, 4) is 0 Å². The highest BCUT2D eigenvalue weighted by Gasteiger charge is 2.06. The Bertz CT molecular complexity index is 344. The normalized spacial score (nSPS) is 11.1. The fraction of sp³-hybridized carbons (Fsp3) is 0.455. The molecule has 0 N–H and O–H groups in total. The Kier molecular flexibility index (Phi) is 5.03. The molecule has 1 rings (SSSR count). The van der Waals surface area contributed by atoms with Crippen molar-refractivity contribution in [2.24, 2.45) is 0 Å². The van der Waals surface area contributed by atoms with Gasteiger partial charge in [-0.05, 0) is 43.7 Å². The summed E-state index contributed by atoms with van der Waals surface area (Å²) >= 11 is 9.38. The highest BCUT2D eigenvalue weighted by Crippen LogP contribution is 2.21. The second-order valence-corrected chi connectivity index (χ2v) is 4.55. The Morgan fingerprint density at radius 3 is 2.73 bits per heavy atom. The van der Waals surface area contributed by atoms with E-state index in [1.165, 1.54) is 6.07 Å². The molecule has 1 aromatic carbocycles. The van der Waals surface area contributed by atoms with Gasteiger partial charge in [-0.1, -0.05) is 27.5 Å². The van der Waals surface area contributed by atoms with Crippen molar-refractivity contribution in [3.63, 3.8) is 0 Å². The van der Waals surface area contributed by atoms with Gasteiger partial charge in [-0.15, -0.1) is 0 Å². The predicted molar refractivity (Wildman–Crippen MR) is 66.3 cm³/mol. The molecule has 0 aliphatic rings. The van der Waals surface area contributed by atoms with Crippen LogP contribution in [0.15, 0.2) is 12.1 Å². The van der Waals surface area contributed by atoms with Crippen molar-refractivity contribution in [2.45, 2.75) is 13.3 Å². The number of alkyl halides is 1. The van der Waals surface area contributed by atoms with Crippen molar-refractivity contribution in [3.05, 3.63) is 34.1 Å². The molecule has 0 unspecified atom stereocenters. The second kappa shape index (κ2) is 5.83. The van der Waals surface area contributed by atoms with E-state index < -0.39 is 0 Å². The van der Waals surface area contributed by atoms with Gasteiger partial charge in [0.05, 0.1) is 5.45 Å². The van der Waals surface area contributed by atoms with Gasteiger partial charge in [0.1, 0.15) is 5.82 Å². The maximum absolute atomic E-state index is 13.3. The number of rotatable bonds is 4. The molecule has 0 radical (unpaired) electrons. The summed E-state index contributed by atoms with van der Waals surface area (Å²) in [6.45, 7) is 2.57. The van der Waals surface area contributed by atoms with Crippen LogP contribution in [0.2, 0.25) is 5.02 Å². The first-order valence-electron chi connectivity index (χ1n) is 4.73. The van der Waals surface area contributed by atoms with E-state index in [0.29, 0.717) is 10.6 Å². The highest BCUT2D eigenvalue weighted by molar-refractivity contribution is 9.09. The smallest absolute Gasteiger partial charge is 0.126 e. The van der Waals surface area contributed by atoms with Crippen molar-refractivity contribution in [1.82, 2.24) is 4.90 Å². The van der Waals surface area contributed by atoms with Crippen molar-refractivity contribution < 1.29 is 4.39 Å². The number of likely N-dealkylation sites (N-methyl/N-ethyl adjacent to an activating group) is 1. The second-order valence-electron chi connectivity index (χ2n) is 3.64. The first-order chi connectivity index (χ1) is 7.04. The van der Waals surface area contributed by atoms with E-state index in [0.717, 1.165) is 24.0 Å². The molecule has 0 aromatic heterocycles. The Morgan fingerprint density at radius 2 is 2.13 bits per heavy atom. The molecule has 4 heteroatoms. The fourth-order valence-electron chi connectivity index (χ4n) is 1.25. The summed E-state index contributed by atoms with van der Waals surface area (Å²) in [6.07, 6.45) is 0.762. The van der Waals surface area contributed by atoms with Gasteiger partial charge in [-0.25, -0.2) is 4.39 Å². The lowest BCUT2D eigenvalue weighted by molar-refractivity contribution is 0.401. The van der Waals surface area contributed by atoms with Crippen LogP contribution in [0.3, 0.4) is 0 Å². The minimum absolute atomic E-state index is 0.184. The molecule has 1 aromatic rings. The zero-order chi connectivity index (χ0) is 11.4. The molecule has 0 aliphatic carbocycles. The molecule has 0 fully saturated rings. The monoisotopic (exact) mass is 293 g/mol. The van der Waals surface area contributed by atoms with E-state index >= 15 is 0 Å². The minimum atomic E-state index is -0.184. The third-order valence-corrected chi connectivity index (χ3v) is 3.50. The van der Waals surface area contributed by atoms with Crippen molar-refractivity contribution in [2.75, 3.05) is 19.0 Å². The molecule has 84 valence electrons. The van der Waals surface area contributed by atoms with Gasteiger partial charge in [0.2, 0.25) is 0 Å². The molecule has 0 saturated heterocycles. The molecular formula is C11H14BrClFN. The third kappa shape index (κ3) is 3.74. The van der Waals surface area contributed by atoms with Gasteiger partial charge in [-0.3, -0.25) is 4.90 Å². The SMILES string of the molecule is Cc1cc(Cl)c(CCN(C)CBr)cc1F. The summed E-state index contributed by atoms with van der Waals surface area (Å²) < 4.78 is 13.3. The average Bonchev–Trinajstić information content (AvgIpc) is 2.21. The number of aryl methyl sites for hydroxylation is 1. The van der Waals surface area contributed by atoms with Crippen molar-refractivity contribution in [1.29, 1.82) is 0 Å². The van der Waals surface area contributed by atoms with Gasteiger partial charge in [0.25, 0.3) is 0 Å². The van der Waals surface area contributed by atoms with Gasteiger partial charge in [0.15, 0.2) is 0 Å². The van der Waals surface area contributed by atoms with E-state index in [2.05, 4.69) is 20.8 Å². The van der Waals surface area contributed by atoms with Crippen LogP contribution in [0.25, 0.3) is 0 Å². The van der Waals surface area contributed by atoms with Crippen LogP contribution in [0.4, 0.5) is 4.39 Å². The van der Waals surface area contributed by atoms with Gasteiger partial charge in [0, 0.05) is 11.6 Å². The van der Waals surface area contributed by atoms with Gasteiger partial charge < -0.3 is 0 Å². The van der Waals surface area contributed by atoms with Crippen LogP contribution >= 0.6 is 27.5 Å². The topological polar surface area (TPSA) is 3.24 Å². The van der Waals surface area contributed by atoms with Crippen LogP contribution in [0.1, 0.15) is 11.1 Å². The summed E-state index contributed by atoms with van der Waals surface area (Å²) in [5.41, 5.74) is 2.27. The Morgan fingerprint density at radius 1 is 1.47 bits per heavy atom. The highest BCUT2D eigenvalue weighted by atomic mass is 79.9. The summed E-state index contributed by atoms with van der Waals surface area (Å²) in [7, 11) is 1.99. The molecule has 0 saturated carbocycles. The zero-order valence-electron chi connectivity index (χ0n) is 8.86. The quantitative estimate of drug-likeness (QED) is 0.606. The Balaban J connectivity index is 2.73. The van der Waals surface area contributed by atoms with Crippen LogP contribution in [0, 0.1) is 12.7 Å². The lowest BCUT2D eigenvalue weighted by Gasteiger charge is -2.13. The van der Waals surface area contributed by atoms with E-state index in [4.69, 9.17) is 11.6 Å². The number of hydrogen-bond donors (Lipinski definition) is 0. The number of benzene rings is 1. The van der Waals surface area contributed by atoms with Crippen LogP contribution < -0.4 is 0 Å². The maximum atomic E-state index is 13.3. The zero-order valence-corrected chi connectivity index (χ0v) is 11.2. The Hall–Kier alpha value is -0.120. The number of hydrogen-bond acceptors (Lipinski definition) is 1. The van der Waals surface area contributed by atoms with E-state index in [1.807, 2.05) is 7.05 Å². The molecule has 0 heterocycles. The molecule has 1 nitrogen and oxygen atoms in total. The lowest BCUT2D eigenvalue weighted by Crippen LogP contribution is -2.19. The molecule has 0 bridgehead atoms. The standard InChI is InChI=1S/C11H14BrClFN/c1-8-5-10(13)9(6-11(8)14)3-4-15(2)7-12/h5-6H,3-4,7H2,1-2H3. The minimum Gasteiger partial charge on any atom is -0.296 e. The van der Waals surface area contributed by atoms with Gasteiger partial charge >= 0.3 is 0 Å². The van der Waals surface area contributed by atoms with E-state index in [-0.39, 0.29) is 5.82 Å². The average molecular weight is 295 g/mol. The fourth-order valence-corrected chi connectivity index (χ4v) is 1.81. The summed E-state index contributed by atoms with van der Waals surface area (Å²) in [6, 6.07) is 3.21. The molecule has 15 heavy (non-hydrogen) atoms. The number of nitrogens with zero attached hydrogens (tertiary/aromatic N) is 1. The molecule has 0 aliphatic heterocycles. The summed E-state index contributed by atoms with van der Waals surface area (Å²) in [5.74, 6) is -0.184. The van der Waals surface area contributed by atoms with Gasteiger partial charge in [-0.2, -0.15) is 0 Å². The molecule has 0 atom stereocenters. The first-order valence-corrected chi connectivity index (χ1v) is 6.23. The van der Waals surface area contributed by atoms with E-state index in [1.54, 1.807) is 13.0 Å².